The van der Waals surface area contributed by atoms with Crippen molar-refractivity contribution < 1.29 is 9.59 Å². The molecule has 4 bridgehead atoms. The molecule has 4 fully saturated rings. The minimum atomic E-state index is 0.0183. The molecule has 2 amide bonds. The lowest BCUT2D eigenvalue weighted by molar-refractivity contribution is -0.116. The summed E-state index contributed by atoms with van der Waals surface area (Å²) < 4.78 is 0. The minimum Gasteiger partial charge on any atom is -0.349 e. The maximum Gasteiger partial charge on any atom is 0.251 e. The van der Waals surface area contributed by atoms with Crippen LogP contribution in [-0.4, -0.2) is 28.6 Å². The smallest absolute Gasteiger partial charge is 0.251 e. The van der Waals surface area contributed by atoms with Crippen LogP contribution in [0, 0.1) is 23.2 Å². The monoisotopic (exact) mass is 461 g/mol. The second-order valence-electron chi connectivity index (χ2n) is 10.8. The van der Waals surface area contributed by atoms with E-state index in [9.17, 15) is 9.59 Å². The van der Waals surface area contributed by atoms with Crippen LogP contribution >= 0.6 is 11.8 Å². The maximum atomic E-state index is 13.1. The van der Waals surface area contributed by atoms with Gasteiger partial charge in [-0.3, -0.25) is 9.59 Å². The van der Waals surface area contributed by atoms with Crippen molar-refractivity contribution in [3.63, 3.8) is 0 Å². The van der Waals surface area contributed by atoms with Crippen LogP contribution in [0.3, 0.4) is 0 Å². The Morgan fingerprint density at radius 1 is 1.12 bits per heavy atom. The third-order valence-corrected chi connectivity index (χ3v) is 9.56. The highest BCUT2D eigenvalue weighted by molar-refractivity contribution is 8.00. The van der Waals surface area contributed by atoms with E-state index in [1.807, 2.05) is 36.4 Å². The second-order valence-corrected chi connectivity index (χ2v) is 11.7. The fraction of sp³-hybridized carbons (Fsp3) is 0.519. The van der Waals surface area contributed by atoms with Crippen LogP contribution in [0.2, 0.25) is 0 Å². The average molecular weight is 462 g/mol. The van der Waals surface area contributed by atoms with Gasteiger partial charge in [-0.2, -0.15) is 0 Å². The molecule has 0 radical (unpaired) electrons. The third kappa shape index (κ3) is 3.86. The van der Waals surface area contributed by atoms with Gasteiger partial charge in [-0.15, -0.1) is 0 Å². The number of nitrogens with zero attached hydrogens (tertiary/aromatic N) is 2. The highest BCUT2D eigenvalue weighted by Gasteiger charge is 2.53. The number of pyridine rings is 1. The summed E-state index contributed by atoms with van der Waals surface area (Å²) in [5, 5.41) is 4.25. The van der Waals surface area contributed by atoms with E-state index in [2.05, 4.69) is 17.2 Å². The number of fused-ring (bicyclic) bond motifs is 1. The van der Waals surface area contributed by atoms with Gasteiger partial charge in [0.1, 0.15) is 5.03 Å². The van der Waals surface area contributed by atoms with E-state index in [0.29, 0.717) is 23.3 Å². The van der Waals surface area contributed by atoms with Crippen LogP contribution in [0.15, 0.2) is 47.6 Å². The van der Waals surface area contributed by atoms with Gasteiger partial charge in [-0.1, -0.05) is 23.9 Å². The SMILES string of the molecule is CC(NC(=O)c1ccc(CN2C(=O)CSc3ncccc32)cc1)C12CC3CC(CC(C3)C1)C2. The quantitative estimate of drug-likeness (QED) is 0.676. The predicted octanol–water partition coefficient (Wildman–Crippen LogP) is 5.06. The molecule has 2 heterocycles. The van der Waals surface area contributed by atoms with Crippen LogP contribution in [0.1, 0.15) is 61.4 Å². The number of rotatable bonds is 5. The van der Waals surface area contributed by atoms with E-state index in [1.165, 1.54) is 50.3 Å². The Labute approximate surface area is 199 Å². The molecule has 1 aliphatic heterocycles. The molecule has 1 aromatic heterocycles. The van der Waals surface area contributed by atoms with Crippen molar-refractivity contribution in [2.24, 2.45) is 23.2 Å². The van der Waals surface area contributed by atoms with Crippen molar-refractivity contribution in [3.8, 4) is 0 Å². The van der Waals surface area contributed by atoms with Gasteiger partial charge in [0.2, 0.25) is 5.91 Å². The Kier molecular flexibility index (Phi) is 5.24. The molecular formula is C27H31N3O2S. The first-order chi connectivity index (χ1) is 16.0. The minimum absolute atomic E-state index is 0.0183. The molecule has 4 saturated carbocycles. The number of anilines is 1. The topological polar surface area (TPSA) is 62.3 Å². The van der Waals surface area contributed by atoms with E-state index < -0.39 is 0 Å². The van der Waals surface area contributed by atoms with Crippen molar-refractivity contribution in [2.45, 2.75) is 63.1 Å². The molecule has 1 aromatic carbocycles. The number of thioether (sulfide) groups is 1. The zero-order chi connectivity index (χ0) is 22.6. The third-order valence-electron chi connectivity index (χ3n) is 8.58. The molecule has 1 N–H and O–H groups in total. The Bertz CT molecular complexity index is 1050. The van der Waals surface area contributed by atoms with E-state index >= 15 is 0 Å². The van der Waals surface area contributed by atoms with Gasteiger partial charge in [0, 0.05) is 17.8 Å². The highest BCUT2D eigenvalue weighted by Crippen LogP contribution is 2.61. The van der Waals surface area contributed by atoms with Gasteiger partial charge in [0.25, 0.3) is 5.91 Å². The van der Waals surface area contributed by atoms with Crippen LogP contribution in [-0.2, 0) is 11.3 Å². The lowest BCUT2D eigenvalue weighted by atomic mass is 9.48. The molecule has 5 nitrogen and oxygen atoms in total. The number of carbonyl (C=O) groups is 2. The molecule has 7 rings (SSSR count). The van der Waals surface area contributed by atoms with Gasteiger partial charge in [-0.05, 0) is 98.4 Å². The van der Waals surface area contributed by atoms with Gasteiger partial charge < -0.3 is 10.2 Å². The van der Waals surface area contributed by atoms with E-state index in [0.717, 1.165) is 34.0 Å². The molecular weight excluding hydrogens is 430 g/mol. The Hall–Kier alpha value is -2.34. The maximum absolute atomic E-state index is 13.1. The van der Waals surface area contributed by atoms with Gasteiger partial charge in [-0.25, -0.2) is 4.98 Å². The van der Waals surface area contributed by atoms with E-state index in [4.69, 9.17) is 0 Å². The van der Waals surface area contributed by atoms with Crippen molar-refractivity contribution in [1.82, 2.24) is 10.3 Å². The summed E-state index contributed by atoms with van der Waals surface area (Å²) >= 11 is 1.49. The van der Waals surface area contributed by atoms with E-state index in [1.54, 1.807) is 11.1 Å². The zero-order valence-corrected chi connectivity index (χ0v) is 19.9. The summed E-state index contributed by atoms with van der Waals surface area (Å²) in [7, 11) is 0. The summed E-state index contributed by atoms with van der Waals surface area (Å²) in [5.74, 6) is 3.16. The first-order valence-corrected chi connectivity index (χ1v) is 13.3. The Balaban J connectivity index is 1.13. The first-order valence-electron chi connectivity index (χ1n) is 12.3. The average Bonchev–Trinajstić information content (AvgIpc) is 2.80. The number of carbonyl (C=O) groups excluding carboxylic acids is 2. The number of aromatic nitrogens is 1. The molecule has 5 aliphatic rings. The number of amides is 2. The standard InChI is InChI=1S/C27H31N3O2S/c1-17(27-12-19-9-20(13-27)11-21(10-19)14-27)29-25(32)22-6-4-18(5-7-22)15-30-23-3-2-8-28-26(23)33-16-24(30)31/h2-8,17,19-21H,9-16H2,1H3,(H,29,32). The highest BCUT2D eigenvalue weighted by atomic mass is 32.2. The van der Waals surface area contributed by atoms with Crippen LogP contribution in [0.25, 0.3) is 0 Å². The van der Waals surface area contributed by atoms with Crippen molar-refractivity contribution in [1.29, 1.82) is 0 Å². The number of hydrogen-bond donors (Lipinski definition) is 1. The molecule has 0 spiro atoms. The summed E-state index contributed by atoms with van der Waals surface area (Å²) in [6.45, 7) is 2.72. The van der Waals surface area contributed by atoms with Crippen molar-refractivity contribution >= 4 is 29.3 Å². The van der Waals surface area contributed by atoms with Crippen LogP contribution < -0.4 is 10.2 Å². The number of nitrogens with one attached hydrogen (secondary N) is 1. The zero-order valence-electron chi connectivity index (χ0n) is 19.1. The molecule has 1 atom stereocenters. The molecule has 172 valence electrons. The largest absolute Gasteiger partial charge is 0.349 e. The summed E-state index contributed by atoms with van der Waals surface area (Å²) in [4.78, 5) is 31.8. The normalized spacial score (nSPS) is 30.8. The molecule has 0 saturated heterocycles. The summed E-state index contributed by atoms with van der Waals surface area (Å²) in [5.41, 5.74) is 2.87. The summed E-state index contributed by atoms with van der Waals surface area (Å²) in [6.07, 6.45) is 9.88. The molecule has 33 heavy (non-hydrogen) atoms. The predicted molar refractivity (Wildman–Crippen MR) is 130 cm³/mol. The Morgan fingerprint density at radius 3 is 2.45 bits per heavy atom. The second kappa shape index (κ2) is 8.15. The number of hydrogen-bond acceptors (Lipinski definition) is 4. The van der Waals surface area contributed by atoms with Gasteiger partial charge in [0.05, 0.1) is 18.0 Å². The van der Waals surface area contributed by atoms with Crippen molar-refractivity contribution in [3.05, 3.63) is 53.7 Å². The van der Waals surface area contributed by atoms with E-state index in [-0.39, 0.29) is 17.9 Å². The molecule has 2 aromatic rings. The lowest BCUT2D eigenvalue weighted by Crippen LogP contribution is -2.55. The Morgan fingerprint density at radius 2 is 1.79 bits per heavy atom. The lowest BCUT2D eigenvalue weighted by Gasteiger charge is -2.59. The summed E-state index contributed by atoms with van der Waals surface area (Å²) in [6, 6.07) is 11.7. The van der Waals surface area contributed by atoms with Gasteiger partial charge >= 0.3 is 0 Å². The van der Waals surface area contributed by atoms with Crippen LogP contribution in [0.4, 0.5) is 5.69 Å². The molecule has 1 unspecified atom stereocenters. The number of benzene rings is 1. The molecule has 6 heteroatoms. The van der Waals surface area contributed by atoms with Crippen LogP contribution in [0.5, 0.6) is 0 Å². The van der Waals surface area contributed by atoms with Crippen molar-refractivity contribution in [2.75, 3.05) is 10.7 Å². The van der Waals surface area contributed by atoms with Gasteiger partial charge in [0.15, 0.2) is 0 Å². The first kappa shape index (κ1) is 21.2. The molecule has 4 aliphatic carbocycles. The fourth-order valence-corrected chi connectivity index (χ4v) is 8.18. The fourth-order valence-electron chi connectivity index (χ4n) is 7.30.